The number of aromatic nitrogens is 2. The van der Waals surface area contributed by atoms with Crippen LogP contribution in [0.15, 0.2) is 46.0 Å². The lowest BCUT2D eigenvalue weighted by atomic mass is 9.42. The Morgan fingerprint density at radius 3 is 2.75 bits per heavy atom. The Labute approximate surface area is 210 Å². The average molecular weight is 491 g/mol. The van der Waals surface area contributed by atoms with Crippen molar-refractivity contribution in [2.24, 2.45) is 22.4 Å². The Balaban J connectivity index is 1.28. The molecule has 1 N–H and O–H groups in total. The number of hydrogen-bond acceptors (Lipinski definition) is 6. The highest BCUT2D eigenvalue weighted by Crippen LogP contribution is 2.82. The van der Waals surface area contributed by atoms with E-state index >= 15 is 0 Å². The van der Waals surface area contributed by atoms with Crippen LogP contribution in [0, 0.1) is 17.3 Å². The monoisotopic (exact) mass is 490 g/mol. The van der Waals surface area contributed by atoms with E-state index in [-0.39, 0.29) is 23.0 Å². The first kappa shape index (κ1) is 23.3. The van der Waals surface area contributed by atoms with Gasteiger partial charge in [0.05, 0.1) is 11.0 Å². The summed E-state index contributed by atoms with van der Waals surface area (Å²) in [5.74, 6) is 0.558. The minimum atomic E-state index is -1.12. The molecule has 1 spiro atoms. The van der Waals surface area contributed by atoms with E-state index < -0.39 is 12.6 Å². The smallest absolute Gasteiger partial charge is 0.344 e. The zero-order valence-electron chi connectivity index (χ0n) is 21.2. The summed E-state index contributed by atoms with van der Waals surface area (Å²) in [6.07, 6.45) is 9.92. The SMILES string of the molecule is C/C(=N\OCC(=O)O)c1nc2ccccc2n([C@@H](C)C[C@@H]2CC[C@H](C)N2C=C2C3CC2C32CC2)c1=O. The number of hydrogen-bond donors (Lipinski definition) is 1. The maximum absolute atomic E-state index is 13.7. The van der Waals surface area contributed by atoms with E-state index in [2.05, 4.69) is 35.1 Å². The van der Waals surface area contributed by atoms with E-state index in [1.165, 1.54) is 25.7 Å². The maximum atomic E-state index is 13.7. The topological polar surface area (TPSA) is 97.0 Å². The zero-order chi connectivity index (χ0) is 25.2. The summed E-state index contributed by atoms with van der Waals surface area (Å²) in [6, 6.07) is 8.52. The Bertz CT molecular complexity index is 1330. The van der Waals surface area contributed by atoms with Gasteiger partial charge in [0.2, 0.25) is 6.61 Å². The third-order valence-corrected chi connectivity index (χ3v) is 9.22. The number of fused-ring (bicyclic) bond motifs is 1. The number of carboxylic acid groups (broad SMARTS) is 1. The number of carbonyl (C=O) groups is 1. The number of allylic oxidation sites excluding steroid dienone is 1. The molecule has 2 bridgehead atoms. The van der Waals surface area contributed by atoms with Gasteiger partial charge in [-0.3, -0.25) is 4.79 Å². The number of benzene rings is 1. The second-order valence-electron chi connectivity index (χ2n) is 11.3. The Kier molecular flexibility index (Phi) is 5.46. The third kappa shape index (κ3) is 3.56. The van der Waals surface area contributed by atoms with E-state index in [1.54, 1.807) is 12.5 Å². The van der Waals surface area contributed by atoms with Gasteiger partial charge in [0, 0.05) is 18.1 Å². The number of nitrogens with zero attached hydrogens (tertiary/aromatic N) is 4. The minimum Gasteiger partial charge on any atom is -0.479 e. The van der Waals surface area contributed by atoms with Crippen molar-refractivity contribution in [2.45, 2.75) is 77.4 Å². The lowest BCUT2D eigenvalue weighted by Crippen LogP contribution is -2.56. The fourth-order valence-electron chi connectivity index (χ4n) is 7.02. The standard InChI is InChI=1S/C28H34N4O4/c1-16-8-9-19(31(16)14-20-21-13-22(20)28(21)10-11-28)12-17(2)32-24-7-5-4-6-23(24)29-26(27(32)35)18(3)30-36-15-25(33)34/h4-7,14,16-17,19,21-22H,8-13,15H2,1-3H3,(H,33,34)/b20-14?,30-18+/t16-,17-,19-,21?,22?/m0/s1. The van der Waals surface area contributed by atoms with E-state index in [0.29, 0.717) is 23.0 Å². The van der Waals surface area contributed by atoms with Crippen LogP contribution in [-0.2, 0) is 9.63 Å². The molecule has 2 aromatic rings. The summed E-state index contributed by atoms with van der Waals surface area (Å²) in [7, 11) is 0. The van der Waals surface area contributed by atoms with Crippen molar-refractivity contribution < 1.29 is 14.7 Å². The maximum Gasteiger partial charge on any atom is 0.344 e. The van der Waals surface area contributed by atoms with E-state index in [0.717, 1.165) is 30.2 Å². The van der Waals surface area contributed by atoms with Crippen LogP contribution in [0.4, 0.5) is 0 Å². The highest BCUT2D eigenvalue weighted by atomic mass is 16.6. The molecule has 8 heteroatoms. The van der Waals surface area contributed by atoms with Gasteiger partial charge in [0.15, 0.2) is 5.69 Å². The molecule has 0 amide bonds. The third-order valence-electron chi connectivity index (χ3n) is 9.22. The molecule has 5 aliphatic rings. The first-order chi connectivity index (χ1) is 17.3. The molecule has 2 heterocycles. The second kappa shape index (κ2) is 8.46. The quantitative estimate of drug-likeness (QED) is 0.437. The molecule has 8 nitrogen and oxygen atoms in total. The number of carboxylic acids is 1. The van der Waals surface area contributed by atoms with Gasteiger partial charge in [-0.1, -0.05) is 17.3 Å². The van der Waals surface area contributed by atoms with Crippen LogP contribution in [0.5, 0.6) is 0 Å². The largest absolute Gasteiger partial charge is 0.479 e. The summed E-state index contributed by atoms with van der Waals surface area (Å²) in [6.45, 7) is 5.49. The molecule has 7 rings (SSSR count). The summed E-state index contributed by atoms with van der Waals surface area (Å²) in [5.41, 5.74) is 4.12. The molecular weight excluding hydrogens is 456 g/mol. The fourth-order valence-corrected chi connectivity index (χ4v) is 7.02. The van der Waals surface area contributed by atoms with Gasteiger partial charge in [0.1, 0.15) is 5.71 Å². The molecule has 4 aliphatic carbocycles. The van der Waals surface area contributed by atoms with Crippen LogP contribution >= 0.6 is 0 Å². The highest BCUT2D eigenvalue weighted by molar-refractivity contribution is 5.97. The van der Waals surface area contributed by atoms with Gasteiger partial charge >= 0.3 is 5.97 Å². The Hall–Kier alpha value is -3.16. The van der Waals surface area contributed by atoms with Crippen LogP contribution < -0.4 is 5.56 Å². The molecule has 1 aromatic carbocycles. The van der Waals surface area contributed by atoms with Gasteiger partial charge in [-0.05, 0) is 100 Å². The van der Waals surface area contributed by atoms with Gasteiger partial charge in [-0.15, -0.1) is 0 Å². The summed E-state index contributed by atoms with van der Waals surface area (Å²) in [5, 5.41) is 12.7. The predicted molar refractivity (Wildman–Crippen MR) is 137 cm³/mol. The Morgan fingerprint density at radius 2 is 2.06 bits per heavy atom. The first-order valence-electron chi connectivity index (χ1n) is 13.2. The molecule has 1 aliphatic heterocycles. The van der Waals surface area contributed by atoms with Crippen molar-refractivity contribution in [3.05, 3.63) is 52.1 Å². The summed E-state index contributed by atoms with van der Waals surface area (Å²) < 4.78 is 1.84. The summed E-state index contributed by atoms with van der Waals surface area (Å²) >= 11 is 0. The summed E-state index contributed by atoms with van der Waals surface area (Å²) in [4.78, 5) is 36.5. The number of rotatable bonds is 8. The Morgan fingerprint density at radius 1 is 1.31 bits per heavy atom. The van der Waals surface area contributed by atoms with Gasteiger partial charge in [-0.25, -0.2) is 9.78 Å². The van der Waals surface area contributed by atoms with Crippen molar-refractivity contribution in [1.29, 1.82) is 0 Å². The van der Waals surface area contributed by atoms with Crippen LogP contribution in [-0.4, -0.2) is 49.9 Å². The van der Waals surface area contributed by atoms with Crippen molar-refractivity contribution in [3.8, 4) is 0 Å². The zero-order valence-corrected chi connectivity index (χ0v) is 21.2. The van der Waals surface area contributed by atoms with Crippen LogP contribution in [0.2, 0.25) is 0 Å². The molecular formula is C28H34N4O4. The number of aliphatic carboxylic acids is 1. The lowest BCUT2D eigenvalue weighted by molar-refractivity contribution is -0.142. The average Bonchev–Trinajstić information content (AvgIpc) is 3.59. The first-order valence-corrected chi connectivity index (χ1v) is 13.2. The molecule has 4 saturated carbocycles. The molecule has 1 saturated heterocycles. The molecule has 0 radical (unpaired) electrons. The van der Waals surface area contributed by atoms with Crippen molar-refractivity contribution >= 4 is 22.7 Å². The lowest BCUT2D eigenvalue weighted by Gasteiger charge is -2.63. The van der Waals surface area contributed by atoms with Crippen molar-refractivity contribution in [3.63, 3.8) is 0 Å². The van der Waals surface area contributed by atoms with Gasteiger partial charge in [-0.2, -0.15) is 0 Å². The molecule has 2 unspecified atom stereocenters. The van der Waals surface area contributed by atoms with E-state index in [4.69, 9.17) is 9.94 Å². The highest BCUT2D eigenvalue weighted by Gasteiger charge is 2.73. The number of para-hydroxylation sites is 2. The van der Waals surface area contributed by atoms with E-state index in [1.807, 2.05) is 28.8 Å². The minimum absolute atomic E-state index is 0.0428. The molecule has 1 aromatic heterocycles. The molecule has 5 fully saturated rings. The van der Waals surface area contributed by atoms with E-state index in [9.17, 15) is 9.59 Å². The normalized spacial score (nSPS) is 28.6. The molecule has 36 heavy (non-hydrogen) atoms. The van der Waals surface area contributed by atoms with Crippen LogP contribution in [0.3, 0.4) is 0 Å². The van der Waals surface area contributed by atoms with Crippen LogP contribution in [0.25, 0.3) is 11.0 Å². The predicted octanol–water partition coefficient (Wildman–Crippen LogP) is 4.34. The van der Waals surface area contributed by atoms with Crippen LogP contribution in [0.1, 0.15) is 71.0 Å². The number of likely N-dealkylation sites (tertiary alicyclic amines) is 1. The number of oxime groups is 1. The van der Waals surface area contributed by atoms with Crippen molar-refractivity contribution in [2.75, 3.05) is 6.61 Å². The molecule has 5 atom stereocenters. The fraction of sp³-hybridized carbons (Fsp3) is 0.571. The second-order valence-corrected chi connectivity index (χ2v) is 11.3. The van der Waals surface area contributed by atoms with Gasteiger partial charge < -0.3 is 19.4 Å². The van der Waals surface area contributed by atoms with Crippen molar-refractivity contribution in [1.82, 2.24) is 14.5 Å². The molecule has 190 valence electrons. The van der Waals surface area contributed by atoms with Gasteiger partial charge in [0.25, 0.3) is 5.56 Å².